The lowest BCUT2D eigenvalue weighted by molar-refractivity contribution is -0.140. The van der Waals surface area contributed by atoms with Crippen molar-refractivity contribution in [3.8, 4) is 0 Å². The third kappa shape index (κ3) is 5.27. The molecule has 3 N–H and O–H groups in total. The second-order valence-electron chi connectivity index (χ2n) is 9.41. The number of halogens is 4. The summed E-state index contributed by atoms with van der Waals surface area (Å²) in [5.41, 5.74) is 3.69. The number of likely N-dealkylation sites (tertiary alicyclic amines) is 1. The van der Waals surface area contributed by atoms with E-state index in [0.29, 0.717) is 6.07 Å². The molecule has 3 aliphatic rings. The third-order valence-electron chi connectivity index (χ3n) is 6.81. The highest BCUT2D eigenvalue weighted by atomic mass is 19.4. The van der Waals surface area contributed by atoms with E-state index in [0.717, 1.165) is 49.3 Å². The summed E-state index contributed by atoms with van der Waals surface area (Å²) in [5, 5.41) is 2.36. The number of piperidine rings is 1. The smallest absolute Gasteiger partial charge is 0.398 e. The summed E-state index contributed by atoms with van der Waals surface area (Å²) in [7, 11) is 2.21. The summed E-state index contributed by atoms with van der Waals surface area (Å²) in [6.45, 7) is 2.31. The van der Waals surface area contributed by atoms with Gasteiger partial charge in [-0.2, -0.15) is 13.2 Å². The minimum Gasteiger partial charge on any atom is -0.398 e. The van der Waals surface area contributed by atoms with Crippen LogP contribution in [0.4, 0.5) is 23.2 Å². The second-order valence-corrected chi connectivity index (χ2v) is 9.41. The van der Waals surface area contributed by atoms with Crippen LogP contribution in [0.1, 0.15) is 53.2 Å². The number of amides is 1. The lowest BCUT2D eigenvalue weighted by atomic mass is 9.92. The van der Waals surface area contributed by atoms with Crippen molar-refractivity contribution in [3.63, 3.8) is 0 Å². The van der Waals surface area contributed by atoms with E-state index in [2.05, 4.69) is 17.3 Å². The number of hydrogen-bond donors (Lipinski definition) is 2. The summed E-state index contributed by atoms with van der Waals surface area (Å²) in [4.78, 5) is 26.8. The molecule has 3 fully saturated rings. The number of aromatic nitrogens is 1. The van der Waals surface area contributed by atoms with Crippen molar-refractivity contribution in [1.29, 1.82) is 0 Å². The number of hydrogen-bond acceptors (Lipinski definition) is 4. The van der Waals surface area contributed by atoms with Crippen LogP contribution in [0.25, 0.3) is 0 Å². The molecule has 184 valence electrons. The molecule has 1 aliphatic heterocycles. The van der Waals surface area contributed by atoms with Crippen molar-refractivity contribution in [1.82, 2.24) is 14.8 Å². The van der Waals surface area contributed by atoms with Crippen LogP contribution in [0.3, 0.4) is 0 Å². The molecule has 1 aromatic heterocycles. The Morgan fingerprint density at radius 2 is 1.88 bits per heavy atom. The summed E-state index contributed by atoms with van der Waals surface area (Å²) >= 11 is 0. The number of nitrogens with one attached hydrogen (secondary N) is 1. The van der Waals surface area contributed by atoms with Crippen molar-refractivity contribution in [2.45, 2.75) is 44.4 Å². The number of fused-ring (bicyclic) bond motifs is 1. The Bertz CT molecular complexity index is 1120. The molecular weight excluding hydrogens is 452 g/mol. The molecule has 10 heteroatoms. The number of benzene rings is 1. The first-order valence-electron chi connectivity index (χ1n) is 11.4. The molecule has 0 radical (unpaired) electrons. The monoisotopic (exact) mass is 480 g/mol. The molecular formula is C24H28F4N4O2. The first kappa shape index (κ1) is 24.3. The van der Waals surface area contributed by atoms with Crippen LogP contribution in [-0.2, 0) is 12.7 Å². The molecule has 5 rings (SSSR count). The molecule has 1 amide bonds. The topological polar surface area (TPSA) is 80.4 Å². The van der Waals surface area contributed by atoms with Crippen molar-refractivity contribution in [2.24, 2.45) is 11.8 Å². The zero-order chi connectivity index (χ0) is 24.6. The van der Waals surface area contributed by atoms with E-state index in [-0.39, 0.29) is 28.4 Å². The molecule has 2 unspecified atom stereocenters. The first-order chi connectivity index (χ1) is 16.0. The molecule has 34 heavy (non-hydrogen) atoms. The van der Waals surface area contributed by atoms with E-state index in [1.807, 2.05) is 0 Å². The molecule has 2 aliphatic carbocycles. The molecule has 0 spiro atoms. The van der Waals surface area contributed by atoms with Crippen LogP contribution < -0.4 is 16.6 Å². The van der Waals surface area contributed by atoms with E-state index < -0.39 is 30.0 Å². The Hall–Kier alpha value is -2.88. The highest BCUT2D eigenvalue weighted by Gasteiger charge is 2.43. The van der Waals surface area contributed by atoms with Crippen LogP contribution >= 0.6 is 0 Å². The van der Waals surface area contributed by atoms with E-state index in [9.17, 15) is 27.2 Å². The number of alkyl halides is 3. The Morgan fingerprint density at radius 3 is 2.41 bits per heavy atom. The zero-order valence-corrected chi connectivity index (χ0v) is 18.9. The second kappa shape index (κ2) is 9.40. The predicted molar refractivity (Wildman–Crippen MR) is 120 cm³/mol. The Morgan fingerprint density at radius 1 is 1.21 bits per heavy atom. The van der Waals surface area contributed by atoms with Crippen molar-refractivity contribution in [3.05, 3.63) is 63.3 Å². The maximum Gasteiger partial charge on any atom is 0.419 e. The molecule has 0 bridgehead atoms. The maximum atomic E-state index is 14.0. The standard InChI is InChI=1S/C18H17F4N3O2.C6H11N/c19-16-10(3-1-6-13(16)18(20,21)22)8-24-17(27)12-9-25(11-4-2-5-11)15(26)7-14(12)23;1-7-3-5-2-6(5)4-7/h1,3,6-7,9,11H,2,4-5,8,23H2,(H,24,27);5-6H,2-4H2,1H3. The number of nitrogens with two attached hydrogens (primary N) is 1. The number of nitrogen functional groups attached to an aromatic ring is 1. The molecule has 6 nitrogen and oxygen atoms in total. The number of carbonyl (C=O) groups is 1. The van der Waals surface area contributed by atoms with Gasteiger partial charge in [-0.3, -0.25) is 9.59 Å². The summed E-state index contributed by atoms with van der Waals surface area (Å²) in [6, 6.07) is 4.00. The third-order valence-corrected chi connectivity index (χ3v) is 6.81. The lowest BCUT2D eigenvalue weighted by Gasteiger charge is -2.28. The number of carbonyl (C=O) groups excluding carboxylic acids is 1. The summed E-state index contributed by atoms with van der Waals surface area (Å²) in [6.07, 6.45) is 0.676. The fourth-order valence-electron chi connectivity index (χ4n) is 4.54. The van der Waals surface area contributed by atoms with Gasteiger partial charge in [0, 0.05) is 43.5 Å². The van der Waals surface area contributed by atoms with Gasteiger partial charge in [-0.15, -0.1) is 0 Å². The highest BCUT2D eigenvalue weighted by Crippen LogP contribution is 2.44. The van der Waals surface area contributed by atoms with Gasteiger partial charge in [-0.05, 0) is 50.6 Å². The average molecular weight is 481 g/mol. The van der Waals surface area contributed by atoms with Gasteiger partial charge < -0.3 is 20.5 Å². The number of anilines is 1. The fourth-order valence-corrected chi connectivity index (χ4v) is 4.54. The van der Waals surface area contributed by atoms with Crippen molar-refractivity contribution < 1.29 is 22.4 Å². The van der Waals surface area contributed by atoms with Crippen molar-refractivity contribution >= 4 is 11.6 Å². The molecule has 2 atom stereocenters. The van der Waals surface area contributed by atoms with Gasteiger partial charge in [0.05, 0.1) is 16.8 Å². The van der Waals surface area contributed by atoms with E-state index in [4.69, 9.17) is 5.73 Å². The van der Waals surface area contributed by atoms with E-state index in [1.54, 1.807) is 0 Å². The first-order valence-corrected chi connectivity index (χ1v) is 11.4. The van der Waals surface area contributed by atoms with Crippen molar-refractivity contribution in [2.75, 3.05) is 25.9 Å². The van der Waals surface area contributed by atoms with Crippen LogP contribution in [-0.4, -0.2) is 35.5 Å². The maximum absolute atomic E-state index is 14.0. The highest BCUT2D eigenvalue weighted by molar-refractivity contribution is 5.98. The van der Waals surface area contributed by atoms with Gasteiger partial charge in [0.25, 0.3) is 11.5 Å². The van der Waals surface area contributed by atoms with Gasteiger partial charge in [0.2, 0.25) is 0 Å². The molecule has 2 aromatic rings. The molecule has 2 heterocycles. The number of rotatable bonds is 4. The van der Waals surface area contributed by atoms with E-state index in [1.165, 1.54) is 30.3 Å². The summed E-state index contributed by atoms with van der Waals surface area (Å²) in [5.74, 6) is 0.102. The van der Waals surface area contributed by atoms with Gasteiger partial charge in [-0.25, -0.2) is 4.39 Å². The SMILES string of the molecule is CN1CC2CC2C1.Nc1cc(=O)n(C2CCC2)cc1C(=O)NCc1cccc(C(F)(F)F)c1F. The minimum atomic E-state index is -4.83. The predicted octanol–water partition coefficient (Wildman–Crippen LogP) is 3.81. The van der Waals surface area contributed by atoms with Gasteiger partial charge in [-0.1, -0.05) is 12.1 Å². The van der Waals surface area contributed by atoms with Crippen LogP contribution in [0.15, 0.2) is 35.3 Å². The Kier molecular flexibility index (Phi) is 6.71. The van der Waals surface area contributed by atoms with Gasteiger partial charge in [0.1, 0.15) is 5.82 Å². The largest absolute Gasteiger partial charge is 0.419 e. The molecule has 1 saturated heterocycles. The zero-order valence-electron chi connectivity index (χ0n) is 18.9. The summed E-state index contributed by atoms with van der Waals surface area (Å²) < 4.78 is 53.8. The lowest BCUT2D eigenvalue weighted by Crippen LogP contribution is -2.32. The number of pyridine rings is 1. The Labute approximate surface area is 194 Å². The number of nitrogens with zero attached hydrogens (tertiary/aromatic N) is 2. The fraction of sp³-hybridized carbons (Fsp3) is 0.500. The average Bonchev–Trinajstić information content (AvgIpc) is 3.33. The van der Waals surface area contributed by atoms with Gasteiger partial charge >= 0.3 is 6.18 Å². The molecule has 2 saturated carbocycles. The van der Waals surface area contributed by atoms with E-state index >= 15 is 0 Å². The Balaban J connectivity index is 0.000000328. The molecule has 1 aromatic carbocycles. The van der Waals surface area contributed by atoms with Crippen LogP contribution in [0, 0.1) is 17.7 Å². The normalized spacial score (nSPS) is 21.8. The van der Waals surface area contributed by atoms with Gasteiger partial charge in [0.15, 0.2) is 0 Å². The minimum absolute atomic E-state index is 0.00515. The quantitative estimate of drug-likeness (QED) is 0.653. The van der Waals surface area contributed by atoms with Crippen LogP contribution in [0.2, 0.25) is 0 Å². The van der Waals surface area contributed by atoms with Crippen LogP contribution in [0.5, 0.6) is 0 Å².